The molecule has 0 aliphatic carbocycles. The number of phenolic OH excluding ortho intramolecular Hbond substituents is 1. The van der Waals surface area contributed by atoms with E-state index in [4.69, 9.17) is 5.73 Å². The number of benzene rings is 1. The van der Waals surface area contributed by atoms with Gasteiger partial charge in [0.2, 0.25) is 0 Å². The highest BCUT2D eigenvalue weighted by Crippen LogP contribution is 2.33. The van der Waals surface area contributed by atoms with Gasteiger partial charge in [0.25, 0.3) is 0 Å². The van der Waals surface area contributed by atoms with Gasteiger partial charge in [0.1, 0.15) is 23.5 Å². The molecular formula is C15H17N5O. The van der Waals surface area contributed by atoms with Gasteiger partial charge >= 0.3 is 0 Å². The molecule has 1 aliphatic rings. The number of hydrogen-bond acceptors (Lipinski definition) is 5. The molecule has 6 heteroatoms. The molecule has 6 nitrogen and oxygen atoms in total. The molecule has 4 rings (SSSR count). The molecule has 0 spiro atoms. The second-order valence-corrected chi connectivity index (χ2v) is 5.62. The Labute approximate surface area is 121 Å². The first-order valence-electron chi connectivity index (χ1n) is 7.18. The number of hydrogen-bond donors (Lipinski definition) is 3. The van der Waals surface area contributed by atoms with Crippen molar-refractivity contribution in [2.75, 3.05) is 18.0 Å². The zero-order valence-electron chi connectivity index (χ0n) is 11.6. The fourth-order valence-corrected chi connectivity index (χ4v) is 3.14. The van der Waals surface area contributed by atoms with E-state index in [0.29, 0.717) is 0 Å². The molecule has 0 radical (unpaired) electrons. The molecule has 0 saturated carbocycles. The molecule has 1 fully saturated rings. The SMILES string of the molecule is NC1CCCN(c2ncnc3[nH]c4ccc(O)cc4c23)C1. The van der Waals surface area contributed by atoms with Crippen molar-refractivity contribution in [2.45, 2.75) is 18.9 Å². The average Bonchev–Trinajstić information content (AvgIpc) is 2.85. The number of anilines is 1. The first kappa shape index (κ1) is 12.4. The van der Waals surface area contributed by atoms with E-state index in [1.165, 1.54) is 0 Å². The van der Waals surface area contributed by atoms with Crippen LogP contribution in [0.4, 0.5) is 5.82 Å². The lowest BCUT2D eigenvalue weighted by Crippen LogP contribution is -2.43. The standard InChI is InChI=1S/C15H17N5O/c16-9-2-1-5-20(7-9)15-13-11-6-10(21)3-4-12(11)19-14(13)17-8-18-15/h3-4,6,8-9,21H,1-2,5,7,16H2,(H,17,18,19). The van der Waals surface area contributed by atoms with Gasteiger partial charge in [0.05, 0.1) is 5.39 Å². The highest BCUT2D eigenvalue weighted by atomic mass is 16.3. The monoisotopic (exact) mass is 283 g/mol. The van der Waals surface area contributed by atoms with Crippen molar-refractivity contribution in [3.05, 3.63) is 24.5 Å². The van der Waals surface area contributed by atoms with Gasteiger partial charge in [-0.3, -0.25) is 0 Å². The molecule has 0 amide bonds. The summed E-state index contributed by atoms with van der Waals surface area (Å²) in [6.45, 7) is 1.75. The van der Waals surface area contributed by atoms with Crippen LogP contribution < -0.4 is 10.6 Å². The molecule has 108 valence electrons. The van der Waals surface area contributed by atoms with Crippen LogP contribution in [0, 0.1) is 0 Å². The Kier molecular flexibility index (Phi) is 2.71. The van der Waals surface area contributed by atoms with Crippen LogP contribution in [0.5, 0.6) is 5.75 Å². The van der Waals surface area contributed by atoms with Gasteiger partial charge in [-0.05, 0) is 31.0 Å². The second kappa shape index (κ2) is 4.60. The average molecular weight is 283 g/mol. The summed E-state index contributed by atoms with van der Waals surface area (Å²) < 4.78 is 0. The van der Waals surface area contributed by atoms with Gasteiger partial charge < -0.3 is 20.7 Å². The maximum absolute atomic E-state index is 9.76. The number of aromatic amines is 1. The van der Waals surface area contributed by atoms with E-state index >= 15 is 0 Å². The minimum Gasteiger partial charge on any atom is -0.508 e. The van der Waals surface area contributed by atoms with Crippen LogP contribution >= 0.6 is 0 Å². The van der Waals surface area contributed by atoms with Crippen molar-refractivity contribution in [3.8, 4) is 5.75 Å². The third kappa shape index (κ3) is 1.99. The Bertz CT molecular complexity index is 812. The Hall–Kier alpha value is -2.34. The summed E-state index contributed by atoms with van der Waals surface area (Å²) >= 11 is 0. The molecular weight excluding hydrogens is 266 g/mol. The fourth-order valence-electron chi connectivity index (χ4n) is 3.14. The summed E-state index contributed by atoms with van der Waals surface area (Å²) in [5.74, 6) is 1.14. The van der Waals surface area contributed by atoms with E-state index in [1.54, 1.807) is 18.5 Å². The first-order valence-corrected chi connectivity index (χ1v) is 7.18. The van der Waals surface area contributed by atoms with Gasteiger partial charge in [0, 0.05) is 30.0 Å². The molecule has 1 aliphatic heterocycles. The van der Waals surface area contributed by atoms with E-state index < -0.39 is 0 Å². The van der Waals surface area contributed by atoms with Crippen LogP contribution in [0.3, 0.4) is 0 Å². The van der Waals surface area contributed by atoms with Crippen LogP contribution in [0.2, 0.25) is 0 Å². The van der Waals surface area contributed by atoms with Crippen LogP contribution in [0.25, 0.3) is 21.9 Å². The van der Waals surface area contributed by atoms with Gasteiger partial charge in [-0.2, -0.15) is 0 Å². The minimum atomic E-state index is 0.183. The van der Waals surface area contributed by atoms with Crippen molar-refractivity contribution in [3.63, 3.8) is 0 Å². The molecule has 0 bridgehead atoms. The molecule has 3 aromatic rings. The quantitative estimate of drug-likeness (QED) is 0.633. The third-order valence-corrected chi connectivity index (χ3v) is 4.11. The number of phenols is 1. The summed E-state index contributed by atoms with van der Waals surface area (Å²) in [6, 6.07) is 5.47. The molecule has 3 heterocycles. The van der Waals surface area contributed by atoms with E-state index in [1.807, 2.05) is 6.07 Å². The van der Waals surface area contributed by atoms with E-state index in [2.05, 4.69) is 19.9 Å². The number of H-pyrrole nitrogens is 1. The predicted molar refractivity (Wildman–Crippen MR) is 82.5 cm³/mol. The topological polar surface area (TPSA) is 91.1 Å². The second-order valence-electron chi connectivity index (χ2n) is 5.62. The normalized spacial score (nSPS) is 19.5. The number of nitrogens with one attached hydrogen (secondary N) is 1. The highest BCUT2D eigenvalue weighted by molar-refractivity contribution is 6.11. The zero-order chi connectivity index (χ0) is 14.4. The summed E-state index contributed by atoms with van der Waals surface area (Å²) in [5.41, 5.74) is 7.83. The third-order valence-electron chi connectivity index (χ3n) is 4.11. The maximum atomic E-state index is 9.76. The Morgan fingerprint density at radius 3 is 3.10 bits per heavy atom. The van der Waals surface area contributed by atoms with Crippen LogP contribution in [-0.4, -0.2) is 39.2 Å². The number of nitrogens with zero attached hydrogens (tertiary/aromatic N) is 3. The number of piperidine rings is 1. The lowest BCUT2D eigenvalue weighted by molar-refractivity contribution is 0.476. The van der Waals surface area contributed by atoms with Gasteiger partial charge in [-0.1, -0.05) is 0 Å². The minimum absolute atomic E-state index is 0.183. The van der Waals surface area contributed by atoms with Gasteiger partial charge in [-0.15, -0.1) is 0 Å². The molecule has 1 saturated heterocycles. The number of aromatic nitrogens is 3. The van der Waals surface area contributed by atoms with Crippen LogP contribution in [0.15, 0.2) is 24.5 Å². The highest BCUT2D eigenvalue weighted by Gasteiger charge is 2.21. The molecule has 1 unspecified atom stereocenters. The van der Waals surface area contributed by atoms with E-state index in [9.17, 15) is 5.11 Å². The maximum Gasteiger partial charge on any atom is 0.143 e. The lowest BCUT2D eigenvalue weighted by Gasteiger charge is -2.31. The summed E-state index contributed by atoms with van der Waals surface area (Å²) in [4.78, 5) is 14.3. The van der Waals surface area contributed by atoms with E-state index in [0.717, 1.165) is 53.7 Å². The Balaban J connectivity index is 1.95. The fraction of sp³-hybridized carbons (Fsp3) is 0.333. The summed E-state index contributed by atoms with van der Waals surface area (Å²) in [6.07, 6.45) is 3.70. The largest absolute Gasteiger partial charge is 0.508 e. The smallest absolute Gasteiger partial charge is 0.143 e. The molecule has 2 aromatic heterocycles. The van der Waals surface area contributed by atoms with Crippen molar-refractivity contribution >= 4 is 27.8 Å². The molecule has 21 heavy (non-hydrogen) atoms. The summed E-state index contributed by atoms with van der Waals surface area (Å²) in [7, 11) is 0. The van der Waals surface area contributed by atoms with E-state index in [-0.39, 0.29) is 11.8 Å². The van der Waals surface area contributed by atoms with Gasteiger partial charge in [-0.25, -0.2) is 9.97 Å². The summed E-state index contributed by atoms with van der Waals surface area (Å²) in [5, 5.41) is 11.7. The zero-order valence-corrected chi connectivity index (χ0v) is 11.6. The van der Waals surface area contributed by atoms with Crippen LogP contribution in [0.1, 0.15) is 12.8 Å². The molecule has 1 atom stereocenters. The van der Waals surface area contributed by atoms with Crippen molar-refractivity contribution in [1.82, 2.24) is 15.0 Å². The number of rotatable bonds is 1. The number of nitrogens with two attached hydrogens (primary N) is 1. The van der Waals surface area contributed by atoms with Crippen LogP contribution in [-0.2, 0) is 0 Å². The van der Waals surface area contributed by atoms with Crippen molar-refractivity contribution in [1.29, 1.82) is 0 Å². The molecule has 1 aromatic carbocycles. The lowest BCUT2D eigenvalue weighted by atomic mass is 10.1. The first-order chi connectivity index (χ1) is 10.2. The predicted octanol–water partition coefficient (Wildman–Crippen LogP) is 1.74. The number of fused-ring (bicyclic) bond motifs is 3. The number of aromatic hydroxyl groups is 1. The Morgan fingerprint density at radius 2 is 2.24 bits per heavy atom. The molecule has 4 N–H and O–H groups in total. The Morgan fingerprint density at radius 1 is 1.33 bits per heavy atom. The van der Waals surface area contributed by atoms with Gasteiger partial charge in [0.15, 0.2) is 0 Å². The van der Waals surface area contributed by atoms with Crippen molar-refractivity contribution in [2.24, 2.45) is 5.73 Å². The van der Waals surface area contributed by atoms with Crippen molar-refractivity contribution < 1.29 is 5.11 Å².